The number of nitrogens with zero attached hydrogens (tertiary/aromatic N) is 1. The molecule has 2 saturated carbocycles. The van der Waals surface area contributed by atoms with Crippen molar-refractivity contribution in [2.45, 2.75) is 36.6 Å². The van der Waals surface area contributed by atoms with Gasteiger partial charge in [-0.2, -0.15) is 5.26 Å². The molecule has 5 heteroatoms. The largest absolute Gasteiger partial charge is 0.312 e. The summed E-state index contributed by atoms with van der Waals surface area (Å²) in [5.74, 6) is 1.67. The van der Waals surface area contributed by atoms with Crippen LogP contribution < -0.4 is 5.32 Å². The van der Waals surface area contributed by atoms with Crippen LogP contribution in [0, 0.1) is 23.2 Å². The minimum absolute atomic E-state index is 0.120. The van der Waals surface area contributed by atoms with Gasteiger partial charge in [0.2, 0.25) is 0 Å². The van der Waals surface area contributed by atoms with Crippen molar-refractivity contribution in [3.63, 3.8) is 0 Å². The Morgan fingerprint density at radius 3 is 2.19 bits per heavy atom. The fraction of sp³-hybridized carbons (Fsp3) is 0.562. The van der Waals surface area contributed by atoms with E-state index in [1.165, 1.54) is 37.8 Å². The number of benzene rings is 1. The fourth-order valence-electron chi connectivity index (χ4n) is 2.84. The lowest BCUT2D eigenvalue weighted by molar-refractivity contribution is 0.427. The van der Waals surface area contributed by atoms with E-state index in [-0.39, 0.29) is 5.75 Å². The molecular formula is C16H20N2O2S. The van der Waals surface area contributed by atoms with Crippen molar-refractivity contribution in [2.24, 2.45) is 11.8 Å². The van der Waals surface area contributed by atoms with Crippen molar-refractivity contribution < 1.29 is 8.42 Å². The van der Waals surface area contributed by atoms with Crippen LogP contribution in [0.2, 0.25) is 0 Å². The minimum atomic E-state index is -3.26. The third-order valence-electron chi connectivity index (χ3n) is 4.35. The first-order valence-corrected chi connectivity index (χ1v) is 9.22. The summed E-state index contributed by atoms with van der Waals surface area (Å²) in [5.41, 5.74) is 0.481. The van der Waals surface area contributed by atoms with Crippen molar-refractivity contribution >= 4 is 9.84 Å². The van der Waals surface area contributed by atoms with Crippen LogP contribution in [0.15, 0.2) is 29.2 Å². The zero-order chi connectivity index (χ0) is 14.9. The molecule has 1 aromatic rings. The van der Waals surface area contributed by atoms with Gasteiger partial charge in [-0.05, 0) is 61.8 Å². The van der Waals surface area contributed by atoms with Gasteiger partial charge >= 0.3 is 0 Å². The molecule has 0 atom stereocenters. The molecule has 0 saturated heterocycles. The van der Waals surface area contributed by atoms with Crippen molar-refractivity contribution in [1.82, 2.24) is 5.32 Å². The van der Waals surface area contributed by atoms with Gasteiger partial charge in [-0.15, -0.1) is 0 Å². The molecule has 0 bridgehead atoms. The SMILES string of the molecule is N#Cc1ccc(S(=O)(=O)CCNC(C2CC2)C2CC2)cc1. The second-order valence-electron chi connectivity index (χ2n) is 6.11. The second-order valence-corrected chi connectivity index (χ2v) is 8.22. The molecule has 1 aromatic carbocycles. The number of nitriles is 1. The predicted octanol–water partition coefficient (Wildman–Crippen LogP) is 2.11. The van der Waals surface area contributed by atoms with Gasteiger partial charge in [0.05, 0.1) is 22.3 Å². The topological polar surface area (TPSA) is 70.0 Å². The highest BCUT2D eigenvalue weighted by molar-refractivity contribution is 7.91. The molecule has 1 N–H and O–H groups in total. The van der Waals surface area contributed by atoms with Crippen LogP contribution in [-0.2, 0) is 9.84 Å². The van der Waals surface area contributed by atoms with Crippen molar-refractivity contribution in [3.8, 4) is 6.07 Å². The maximum atomic E-state index is 12.3. The van der Waals surface area contributed by atoms with Gasteiger partial charge in [0.1, 0.15) is 0 Å². The van der Waals surface area contributed by atoms with Crippen molar-refractivity contribution in [2.75, 3.05) is 12.3 Å². The molecule has 112 valence electrons. The highest BCUT2D eigenvalue weighted by atomic mass is 32.2. The molecule has 2 aliphatic carbocycles. The predicted molar refractivity (Wildman–Crippen MR) is 80.4 cm³/mol. The Bertz CT molecular complexity index is 626. The average Bonchev–Trinajstić information content (AvgIpc) is 3.37. The molecule has 3 rings (SSSR count). The zero-order valence-corrected chi connectivity index (χ0v) is 12.8. The highest BCUT2D eigenvalue weighted by Crippen LogP contribution is 2.44. The van der Waals surface area contributed by atoms with E-state index < -0.39 is 9.84 Å². The van der Waals surface area contributed by atoms with Crippen LogP contribution >= 0.6 is 0 Å². The average molecular weight is 304 g/mol. The molecule has 0 heterocycles. The fourth-order valence-corrected chi connectivity index (χ4v) is 4.02. The molecule has 21 heavy (non-hydrogen) atoms. The van der Waals surface area contributed by atoms with Gasteiger partial charge in [-0.1, -0.05) is 0 Å². The van der Waals surface area contributed by atoms with Crippen LogP contribution in [0.5, 0.6) is 0 Å². The first-order chi connectivity index (χ1) is 10.1. The summed E-state index contributed by atoms with van der Waals surface area (Å²) < 4.78 is 24.5. The van der Waals surface area contributed by atoms with Crippen LogP contribution in [-0.4, -0.2) is 26.8 Å². The van der Waals surface area contributed by atoms with E-state index >= 15 is 0 Å². The quantitative estimate of drug-likeness (QED) is 0.837. The van der Waals surface area contributed by atoms with Crippen molar-refractivity contribution in [3.05, 3.63) is 29.8 Å². The molecule has 2 fully saturated rings. The molecule has 0 unspecified atom stereocenters. The Balaban J connectivity index is 1.56. The normalized spacial score (nSPS) is 18.7. The molecule has 0 aromatic heterocycles. The Morgan fingerprint density at radius 2 is 1.71 bits per heavy atom. The summed E-state index contributed by atoms with van der Waals surface area (Å²) >= 11 is 0. The number of hydrogen-bond donors (Lipinski definition) is 1. The zero-order valence-electron chi connectivity index (χ0n) is 12.0. The molecule has 0 spiro atoms. The maximum absolute atomic E-state index is 12.3. The summed E-state index contributed by atoms with van der Waals surface area (Å²) in [4.78, 5) is 0.303. The van der Waals surface area contributed by atoms with Crippen LogP contribution in [0.4, 0.5) is 0 Å². The number of nitrogens with one attached hydrogen (secondary N) is 1. The van der Waals surface area contributed by atoms with E-state index in [1.54, 1.807) is 12.1 Å². The molecular weight excluding hydrogens is 284 g/mol. The molecule has 0 amide bonds. The lowest BCUT2D eigenvalue weighted by Crippen LogP contribution is -2.36. The van der Waals surface area contributed by atoms with E-state index in [9.17, 15) is 8.42 Å². The lowest BCUT2D eigenvalue weighted by Gasteiger charge is -2.17. The van der Waals surface area contributed by atoms with Crippen molar-refractivity contribution in [1.29, 1.82) is 5.26 Å². The number of hydrogen-bond acceptors (Lipinski definition) is 4. The van der Waals surface area contributed by atoms with Crippen LogP contribution in [0.3, 0.4) is 0 Å². The third-order valence-corrected chi connectivity index (χ3v) is 6.09. The molecule has 0 aliphatic heterocycles. The second kappa shape index (κ2) is 5.78. The standard InChI is InChI=1S/C16H20N2O2S/c17-11-12-1-7-15(8-2-12)21(19,20)10-9-18-16(13-3-4-13)14-5-6-14/h1-2,7-8,13-14,16,18H,3-6,9-10H2. The van der Waals surface area contributed by atoms with E-state index in [4.69, 9.17) is 5.26 Å². The first kappa shape index (κ1) is 14.6. The van der Waals surface area contributed by atoms with Gasteiger partial charge in [0.25, 0.3) is 0 Å². The van der Waals surface area contributed by atoms with Gasteiger partial charge < -0.3 is 5.32 Å². The first-order valence-electron chi connectivity index (χ1n) is 7.56. The number of sulfone groups is 1. The summed E-state index contributed by atoms with van der Waals surface area (Å²) in [6.07, 6.45) is 5.15. The number of rotatable bonds is 7. The van der Waals surface area contributed by atoms with E-state index in [0.29, 0.717) is 23.0 Å². The van der Waals surface area contributed by atoms with E-state index in [0.717, 1.165) is 11.8 Å². The van der Waals surface area contributed by atoms with E-state index in [1.807, 2.05) is 6.07 Å². The third kappa shape index (κ3) is 3.63. The maximum Gasteiger partial charge on any atom is 0.179 e. The van der Waals surface area contributed by atoms with E-state index in [2.05, 4.69) is 5.32 Å². The van der Waals surface area contributed by atoms with Gasteiger partial charge in [-0.25, -0.2) is 8.42 Å². The minimum Gasteiger partial charge on any atom is -0.312 e. The molecule has 2 aliphatic rings. The van der Waals surface area contributed by atoms with Gasteiger partial charge in [-0.3, -0.25) is 0 Å². The Morgan fingerprint density at radius 1 is 1.14 bits per heavy atom. The monoisotopic (exact) mass is 304 g/mol. The summed E-state index contributed by atoms with van der Waals surface area (Å²) in [7, 11) is -3.26. The summed E-state index contributed by atoms with van der Waals surface area (Å²) in [6, 6.07) is 8.67. The Labute approximate surface area is 126 Å². The lowest BCUT2D eigenvalue weighted by atomic mass is 10.1. The van der Waals surface area contributed by atoms with Gasteiger partial charge in [0, 0.05) is 12.6 Å². The summed E-state index contributed by atoms with van der Waals surface area (Å²) in [5, 5.41) is 12.2. The molecule has 4 nitrogen and oxygen atoms in total. The van der Waals surface area contributed by atoms with Crippen LogP contribution in [0.25, 0.3) is 0 Å². The Kier molecular flexibility index (Phi) is 4.01. The summed E-state index contributed by atoms with van der Waals surface area (Å²) in [6.45, 7) is 0.514. The highest BCUT2D eigenvalue weighted by Gasteiger charge is 2.41. The Hall–Kier alpha value is -1.38. The molecule has 0 radical (unpaired) electrons. The van der Waals surface area contributed by atoms with Gasteiger partial charge in [0.15, 0.2) is 9.84 Å². The van der Waals surface area contributed by atoms with Crippen LogP contribution in [0.1, 0.15) is 31.2 Å². The smallest absolute Gasteiger partial charge is 0.179 e.